The van der Waals surface area contributed by atoms with E-state index >= 15 is 0 Å². The summed E-state index contributed by atoms with van der Waals surface area (Å²) in [4.78, 5) is 0. The van der Waals surface area contributed by atoms with Crippen molar-refractivity contribution in [1.82, 2.24) is 0 Å². The molecule has 0 N–H and O–H groups in total. The molecule has 1 spiro atoms. The lowest BCUT2D eigenvalue weighted by Gasteiger charge is -2.94. The van der Waals surface area contributed by atoms with Gasteiger partial charge in [-0.2, -0.15) is 0 Å². The van der Waals surface area contributed by atoms with Crippen LogP contribution in [0.3, 0.4) is 0 Å². The smallest absolute Gasteiger partial charge is 0.0147 e. The summed E-state index contributed by atoms with van der Waals surface area (Å²) in [7, 11) is 0. The van der Waals surface area contributed by atoms with Gasteiger partial charge in [-0.3, -0.25) is 0 Å². The molecule has 64 valence electrons. The fourth-order valence-electron chi connectivity index (χ4n) is 7.20. The maximum absolute atomic E-state index is 2.65. The van der Waals surface area contributed by atoms with Crippen molar-refractivity contribution in [1.29, 1.82) is 0 Å². The molecule has 0 heteroatoms. The molecule has 0 heterocycles. The van der Waals surface area contributed by atoms with Crippen LogP contribution < -0.4 is 0 Å². The Morgan fingerprint density at radius 3 is 2.00 bits per heavy atom. The lowest BCUT2D eigenvalue weighted by Crippen LogP contribution is -2.89. The molecule has 0 bridgehead atoms. The number of fused-ring (bicyclic) bond motifs is 2. The predicted molar refractivity (Wildman–Crippen MR) is 46.5 cm³/mol. The van der Waals surface area contributed by atoms with Crippen LogP contribution in [0, 0.1) is 40.4 Å². The zero-order chi connectivity index (χ0) is 7.72. The topological polar surface area (TPSA) is 0 Å². The van der Waals surface area contributed by atoms with E-state index in [4.69, 9.17) is 0 Å². The second-order valence-electron chi connectivity index (χ2n) is 6.39. The molecule has 4 atom stereocenters. The van der Waals surface area contributed by atoms with Crippen LogP contribution in [0.15, 0.2) is 0 Å². The molecular formula is C12H16. The minimum Gasteiger partial charge on any atom is -0.0585 e. The quantitative estimate of drug-likeness (QED) is 0.511. The van der Waals surface area contributed by atoms with Gasteiger partial charge in [0.05, 0.1) is 0 Å². The van der Waals surface area contributed by atoms with Crippen molar-refractivity contribution >= 4 is 0 Å². The Morgan fingerprint density at radius 1 is 0.917 bits per heavy atom. The van der Waals surface area contributed by atoms with E-state index in [0.717, 1.165) is 10.8 Å². The third-order valence-electron chi connectivity index (χ3n) is 7.21. The highest BCUT2D eigenvalue weighted by Gasteiger charge is 2.94. The second kappa shape index (κ2) is 1.14. The van der Waals surface area contributed by atoms with E-state index in [1.807, 2.05) is 0 Å². The Bertz CT molecular complexity index is 281. The molecule has 0 saturated heterocycles. The molecule has 5 saturated carbocycles. The van der Waals surface area contributed by atoms with Crippen molar-refractivity contribution in [3.8, 4) is 0 Å². The first-order chi connectivity index (χ1) is 5.81. The van der Waals surface area contributed by atoms with Gasteiger partial charge in [-0.05, 0) is 66.1 Å². The van der Waals surface area contributed by atoms with Gasteiger partial charge in [-0.15, -0.1) is 0 Å². The van der Waals surface area contributed by atoms with E-state index < -0.39 is 0 Å². The highest BCUT2D eigenvalue weighted by Crippen LogP contribution is 2.99. The molecule has 0 amide bonds. The molecule has 0 aromatic heterocycles. The summed E-state index contributed by atoms with van der Waals surface area (Å²) < 4.78 is 0. The summed E-state index contributed by atoms with van der Waals surface area (Å²) in [6.45, 7) is 2.65. The Kier molecular flexibility index (Phi) is 0.541. The molecule has 0 aromatic rings. The molecule has 5 fully saturated rings. The minimum atomic E-state index is 0.906. The van der Waals surface area contributed by atoms with Crippen LogP contribution in [0.2, 0.25) is 0 Å². The average molecular weight is 160 g/mol. The van der Waals surface area contributed by atoms with Crippen LogP contribution in [0.25, 0.3) is 0 Å². The van der Waals surface area contributed by atoms with Crippen molar-refractivity contribution in [3.63, 3.8) is 0 Å². The highest BCUT2D eigenvalue weighted by molar-refractivity contribution is 5.41. The number of hydrogen-bond donors (Lipinski definition) is 0. The van der Waals surface area contributed by atoms with E-state index in [1.54, 1.807) is 25.7 Å². The Labute approximate surface area is 73.7 Å². The SMILES string of the molecule is CC12C3CCC1C1CC4CC3C412. The fraction of sp³-hybridized carbons (Fsp3) is 1.00. The summed E-state index contributed by atoms with van der Waals surface area (Å²) in [5, 5.41) is 0. The zero-order valence-corrected chi connectivity index (χ0v) is 7.72. The molecule has 0 aliphatic heterocycles. The predicted octanol–water partition coefficient (Wildman–Crippen LogP) is 2.69. The molecular weight excluding hydrogens is 144 g/mol. The van der Waals surface area contributed by atoms with Crippen molar-refractivity contribution in [3.05, 3.63) is 0 Å². The van der Waals surface area contributed by atoms with Crippen molar-refractivity contribution in [2.24, 2.45) is 40.4 Å². The van der Waals surface area contributed by atoms with Gasteiger partial charge in [0.1, 0.15) is 0 Å². The first-order valence-corrected chi connectivity index (χ1v) is 5.81. The third kappa shape index (κ3) is 0.225. The van der Waals surface area contributed by atoms with Gasteiger partial charge in [0.25, 0.3) is 0 Å². The summed E-state index contributed by atoms with van der Waals surface area (Å²) in [6, 6.07) is 0. The molecule has 12 heavy (non-hydrogen) atoms. The van der Waals surface area contributed by atoms with E-state index in [2.05, 4.69) is 6.92 Å². The van der Waals surface area contributed by atoms with Gasteiger partial charge in [0.2, 0.25) is 0 Å². The first kappa shape index (κ1) is 5.67. The van der Waals surface area contributed by atoms with Crippen molar-refractivity contribution in [2.45, 2.75) is 32.6 Å². The van der Waals surface area contributed by atoms with Gasteiger partial charge in [0.15, 0.2) is 0 Å². The van der Waals surface area contributed by atoms with E-state index in [1.165, 1.54) is 29.6 Å². The standard InChI is InChI=1S/C12H16/c1-11-7-2-3-8(11)10-5-6-4-9(7)12(6,10)11/h6-10H,2-5H2,1H3. The largest absolute Gasteiger partial charge is 0.0585 e. The van der Waals surface area contributed by atoms with Crippen molar-refractivity contribution < 1.29 is 0 Å². The van der Waals surface area contributed by atoms with Crippen LogP contribution in [0.4, 0.5) is 0 Å². The van der Waals surface area contributed by atoms with Crippen LogP contribution in [0.1, 0.15) is 32.6 Å². The number of hydrogen-bond acceptors (Lipinski definition) is 0. The molecule has 5 aliphatic carbocycles. The average Bonchev–Trinajstić information content (AvgIpc) is 2.22. The maximum Gasteiger partial charge on any atom is -0.0147 e. The highest BCUT2D eigenvalue weighted by atomic mass is 15.0. The molecule has 5 aliphatic rings. The minimum absolute atomic E-state index is 0.906. The van der Waals surface area contributed by atoms with E-state index in [-0.39, 0.29) is 0 Å². The van der Waals surface area contributed by atoms with Crippen LogP contribution in [0.5, 0.6) is 0 Å². The fourth-order valence-corrected chi connectivity index (χ4v) is 7.20. The summed E-state index contributed by atoms with van der Waals surface area (Å²) >= 11 is 0. The third-order valence-corrected chi connectivity index (χ3v) is 7.21. The summed E-state index contributed by atoms with van der Waals surface area (Å²) in [5.74, 6) is 6.11. The Hall–Kier alpha value is 0. The summed E-state index contributed by atoms with van der Waals surface area (Å²) in [5.41, 5.74) is 1.91. The Morgan fingerprint density at radius 2 is 1.50 bits per heavy atom. The molecule has 0 nitrogen and oxygen atoms in total. The zero-order valence-electron chi connectivity index (χ0n) is 7.72. The van der Waals surface area contributed by atoms with Crippen LogP contribution >= 0.6 is 0 Å². The summed E-state index contributed by atoms with van der Waals surface area (Å²) in [6.07, 6.45) is 6.50. The maximum atomic E-state index is 2.65. The van der Waals surface area contributed by atoms with Gasteiger partial charge in [-0.1, -0.05) is 6.92 Å². The van der Waals surface area contributed by atoms with E-state index in [0.29, 0.717) is 0 Å². The van der Waals surface area contributed by atoms with Gasteiger partial charge < -0.3 is 0 Å². The van der Waals surface area contributed by atoms with E-state index in [9.17, 15) is 0 Å². The van der Waals surface area contributed by atoms with Crippen LogP contribution in [-0.4, -0.2) is 0 Å². The normalized spacial score (nSPS) is 85.2. The lowest BCUT2D eigenvalue weighted by atomic mass is 9.10. The van der Waals surface area contributed by atoms with Gasteiger partial charge in [-0.25, -0.2) is 0 Å². The van der Waals surface area contributed by atoms with Gasteiger partial charge >= 0.3 is 0 Å². The molecule has 0 radical (unpaired) electrons. The second-order valence-corrected chi connectivity index (χ2v) is 6.39. The Balaban J connectivity index is 1.79. The lowest BCUT2D eigenvalue weighted by molar-refractivity contribution is -0.470. The first-order valence-electron chi connectivity index (χ1n) is 5.81. The van der Waals surface area contributed by atoms with Crippen LogP contribution in [-0.2, 0) is 0 Å². The molecule has 4 unspecified atom stereocenters. The molecule has 5 rings (SSSR count). The van der Waals surface area contributed by atoms with Gasteiger partial charge in [0, 0.05) is 0 Å². The molecule has 0 aromatic carbocycles. The number of rotatable bonds is 0. The monoisotopic (exact) mass is 160 g/mol. The van der Waals surface area contributed by atoms with Crippen molar-refractivity contribution in [2.75, 3.05) is 0 Å².